The standard InChI is InChI=1S/C32H40BrN3O7/c1-3-4-10-15-35-16-11-6-9-14-24(38)34-18-20(2)42-31(41)25-26-29(39)36(23(19-37)21-12-7-5-8-13-21)28(30(35)40)32(26)17-22(33)27(25)43-32/h5-8,11-13,17,20,23,25-28,37H,3-4,9-10,14-16,18-19H2,1-2H3,(H,34,38)/b11-6-/t20-,23-,25+,26-,27+,28+,32-/m1/s1. The molecule has 232 valence electrons. The lowest BCUT2D eigenvalue weighted by Gasteiger charge is -2.39. The van der Waals surface area contributed by atoms with Crippen molar-refractivity contribution in [3.63, 3.8) is 0 Å². The minimum atomic E-state index is -1.43. The molecule has 2 saturated heterocycles. The molecule has 10 nitrogen and oxygen atoms in total. The zero-order valence-corrected chi connectivity index (χ0v) is 26.2. The highest BCUT2D eigenvalue weighted by molar-refractivity contribution is 9.11. The first-order chi connectivity index (χ1) is 20.7. The summed E-state index contributed by atoms with van der Waals surface area (Å²) in [6.07, 6.45) is 7.50. The summed E-state index contributed by atoms with van der Waals surface area (Å²) < 4.78 is 12.9. The van der Waals surface area contributed by atoms with E-state index in [9.17, 15) is 24.3 Å². The van der Waals surface area contributed by atoms with Crippen LogP contribution < -0.4 is 5.32 Å². The number of likely N-dealkylation sites (tertiary alicyclic amines) is 1. The van der Waals surface area contributed by atoms with Gasteiger partial charge in [0.25, 0.3) is 0 Å². The number of benzene rings is 1. The van der Waals surface area contributed by atoms with E-state index in [-0.39, 0.29) is 31.3 Å². The number of unbranched alkanes of at least 4 members (excludes halogenated alkanes) is 2. The number of fused-ring (bicyclic) bond motifs is 2. The zero-order chi connectivity index (χ0) is 30.7. The molecule has 1 spiro atoms. The highest BCUT2D eigenvalue weighted by Crippen LogP contribution is 2.60. The van der Waals surface area contributed by atoms with Gasteiger partial charge >= 0.3 is 5.97 Å². The van der Waals surface area contributed by atoms with Crippen LogP contribution in [0.5, 0.6) is 0 Å². The Kier molecular flexibility index (Phi) is 9.73. The van der Waals surface area contributed by atoms with Gasteiger partial charge in [0.15, 0.2) is 0 Å². The van der Waals surface area contributed by atoms with Crippen molar-refractivity contribution < 1.29 is 33.8 Å². The molecule has 4 aliphatic heterocycles. The number of carbonyl (C=O) groups is 4. The molecule has 0 saturated carbocycles. The van der Waals surface area contributed by atoms with Gasteiger partial charge in [-0.1, -0.05) is 78.2 Å². The van der Waals surface area contributed by atoms with Gasteiger partial charge in [0, 0.05) is 24.0 Å². The number of allylic oxidation sites excluding steroid dienone is 1. The van der Waals surface area contributed by atoms with Crippen LogP contribution in [0.25, 0.3) is 0 Å². The SMILES string of the molecule is CCCCCN1C/C=C\CCC(=O)NC[C@@H](C)OC(=O)[C@@H]2[C@H]3O[C@@]4(C=C3Br)[C@H](C1=O)N([C@H](CO)c1ccccc1)C(=O)[C@@H]24. The molecular formula is C32H40BrN3O7. The number of hydrogen-bond donors (Lipinski definition) is 2. The van der Waals surface area contributed by atoms with E-state index in [2.05, 4.69) is 28.2 Å². The number of ether oxygens (including phenoxy) is 2. The van der Waals surface area contributed by atoms with Gasteiger partial charge in [0.05, 0.1) is 25.1 Å². The molecule has 4 aliphatic rings. The molecule has 2 N–H and O–H groups in total. The van der Waals surface area contributed by atoms with Gasteiger partial charge in [-0.15, -0.1) is 0 Å². The quantitative estimate of drug-likeness (QED) is 0.262. The average Bonchev–Trinajstić information content (AvgIpc) is 3.59. The number of rotatable bonds is 7. The van der Waals surface area contributed by atoms with Gasteiger partial charge in [-0.2, -0.15) is 0 Å². The fourth-order valence-corrected chi connectivity index (χ4v) is 7.52. The van der Waals surface area contributed by atoms with E-state index in [1.807, 2.05) is 42.5 Å². The lowest BCUT2D eigenvalue weighted by molar-refractivity contribution is -0.159. The molecule has 4 heterocycles. The average molecular weight is 659 g/mol. The summed E-state index contributed by atoms with van der Waals surface area (Å²) in [5.74, 6) is -3.58. The number of amides is 3. The van der Waals surface area contributed by atoms with E-state index >= 15 is 0 Å². The second-order valence-electron chi connectivity index (χ2n) is 11.7. The first kappa shape index (κ1) is 31.4. The first-order valence-corrected chi connectivity index (χ1v) is 16.0. The second-order valence-corrected chi connectivity index (χ2v) is 12.7. The van der Waals surface area contributed by atoms with Gasteiger partial charge in [-0.25, -0.2) is 0 Å². The predicted octanol–water partition coefficient (Wildman–Crippen LogP) is 3.01. The summed E-state index contributed by atoms with van der Waals surface area (Å²) in [6, 6.07) is 7.15. The normalized spacial score (nSPS) is 32.7. The van der Waals surface area contributed by atoms with Crippen LogP contribution >= 0.6 is 15.9 Å². The van der Waals surface area contributed by atoms with Crippen LogP contribution in [0.1, 0.15) is 57.6 Å². The van der Waals surface area contributed by atoms with Crippen LogP contribution in [0, 0.1) is 11.8 Å². The zero-order valence-electron chi connectivity index (χ0n) is 24.6. The van der Waals surface area contributed by atoms with Crippen LogP contribution in [-0.4, -0.2) is 88.7 Å². The third-order valence-corrected chi connectivity index (χ3v) is 9.52. The molecule has 0 unspecified atom stereocenters. The summed E-state index contributed by atoms with van der Waals surface area (Å²) >= 11 is 3.56. The number of esters is 1. The van der Waals surface area contributed by atoms with E-state index in [4.69, 9.17) is 9.47 Å². The molecule has 11 heteroatoms. The Balaban J connectivity index is 1.62. The maximum Gasteiger partial charge on any atom is 0.313 e. The summed E-state index contributed by atoms with van der Waals surface area (Å²) in [5.41, 5.74) is -0.755. The topological polar surface area (TPSA) is 125 Å². The molecule has 5 bridgehead atoms. The molecular weight excluding hydrogens is 618 g/mol. The van der Waals surface area contributed by atoms with Crippen LogP contribution in [0.4, 0.5) is 0 Å². The molecule has 3 amide bonds. The fraction of sp³-hybridized carbons (Fsp3) is 0.562. The number of nitrogens with zero attached hydrogens (tertiary/aromatic N) is 2. The van der Waals surface area contributed by atoms with Crippen LogP contribution in [0.2, 0.25) is 0 Å². The van der Waals surface area contributed by atoms with E-state index in [1.165, 1.54) is 4.90 Å². The van der Waals surface area contributed by atoms with Crippen LogP contribution in [0.3, 0.4) is 0 Å². The maximum absolute atomic E-state index is 14.7. The van der Waals surface area contributed by atoms with Crippen molar-refractivity contribution in [1.29, 1.82) is 0 Å². The van der Waals surface area contributed by atoms with Crippen LogP contribution in [-0.2, 0) is 28.7 Å². The van der Waals surface area contributed by atoms with Crippen molar-refractivity contribution in [3.05, 3.63) is 58.6 Å². The second kappa shape index (κ2) is 13.3. The van der Waals surface area contributed by atoms with Gasteiger partial charge < -0.3 is 29.7 Å². The summed E-state index contributed by atoms with van der Waals surface area (Å²) in [5, 5.41) is 13.5. The fourth-order valence-electron chi connectivity index (χ4n) is 6.79. The van der Waals surface area contributed by atoms with Crippen molar-refractivity contribution in [1.82, 2.24) is 15.1 Å². The maximum atomic E-state index is 14.7. The largest absolute Gasteiger partial charge is 0.460 e. The Morgan fingerprint density at radius 2 is 1.88 bits per heavy atom. The molecule has 0 aliphatic carbocycles. The monoisotopic (exact) mass is 657 g/mol. The number of aliphatic hydroxyl groups is 1. The Bertz CT molecular complexity index is 1290. The minimum absolute atomic E-state index is 0.131. The van der Waals surface area contributed by atoms with Crippen molar-refractivity contribution in [2.75, 3.05) is 26.2 Å². The molecule has 2 fully saturated rings. The van der Waals surface area contributed by atoms with Crippen molar-refractivity contribution in [2.24, 2.45) is 11.8 Å². The van der Waals surface area contributed by atoms with Crippen molar-refractivity contribution in [3.8, 4) is 0 Å². The number of hydrogen-bond acceptors (Lipinski definition) is 7. The van der Waals surface area contributed by atoms with Crippen LogP contribution in [0.15, 0.2) is 53.0 Å². The molecule has 1 aromatic carbocycles. The third-order valence-electron chi connectivity index (χ3n) is 8.84. The Labute approximate surface area is 260 Å². The minimum Gasteiger partial charge on any atom is -0.460 e. The highest BCUT2D eigenvalue weighted by atomic mass is 79.9. The smallest absolute Gasteiger partial charge is 0.313 e. The third kappa shape index (κ3) is 5.91. The lowest BCUT2D eigenvalue weighted by atomic mass is 9.74. The van der Waals surface area contributed by atoms with Gasteiger partial charge in [-0.05, 0) is 31.4 Å². The number of nitrogens with one attached hydrogen (secondary N) is 1. The Morgan fingerprint density at radius 3 is 2.60 bits per heavy atom. The first-order valence-electron chi connectivity index (χ1n) is 15.2. The van der Waals surface area contributed by atoms with E-state index < -0.39 is 60.2 Å². The van der Waals surface area contributed by atoms with Gasteiger partial charge in [0.1, 0.15) is 29.8 Å². The van der Waals surface area contributed by atoms with Gasteiger partial charge in [0.2, 0.25) is 17.7 Å². The molecule has 43 heavy (non-hydrogen) atoms. The highest BCUT2D eigenvalue weighted by Gasteiger charge is 2.75. The molecule has 1 aromatic rings. The summed E-state index contributed by atoms with van der Waals surface area (Å²) in [7, 11) is 0. The number of carbonyl (C=O) groups excluding carboxylic acids is 4. The number of halogens is 1. The Morgan fingerprint density at radius 1 is 1.12 bits per heavy atom. The summed E-state index contributed by atoms with van der Waals surface area (Å²) in [4.78, 5) is 58.5. The van der Waals surface area contributed by atoms with E-state index in [0.29, 0.717) is 23.0 Å². The number of cyclic esters (lactones) is 1. The molecule has 0 radical (unpaired) electrons. The van der Waals surface area contributed by atoms with E-state index in [0.717, 1.165) is 19.3 Å². The van der Waals surface area contributed by atoms with Gasteiger partial charge in [-0.3, -0.25) is 19.2 Å². The molecule has 0 aromatic heterocycles. The predicted molar refractivity (Wildman–Crippen MR) is 162 cm³/mol. The number of aliphatic hydroxyl groups excluding tert-OH is 1. The lowest BCUT2D eigenvalue weighted by Crippen LogP contribution is -2.57. The van der Waals surface area contributed by atoms with Crippen molar-refractivity contribution in [2.45, 2.75) is 75.8 Å². The molecule has 5 rings (SSSR count). The van der Waals surface area contributed by atoms with E-state index in [1.54, 1.807) is 17.9 Å². The van der Waals surface area contributed by atoms with Crippen molar-refractivity contribution >= 4 is 39.6 Å². The summed E-state index contributed by atoms with van der Waals surface area (Å²) in [6.45, 7) is 4.23. The Hall–Kier alpha value is -3.02. The molecule has 7 atom stereocenters.